The summed E-state index contributed by atoms with van der Waals surface area (Å²) in [6.07, 6.45) is 2.28. The number of rotatable bonds is 4. The maximum absolute atomic E-state index is 11.8. The van der Waals surface area contributed by atoms with Gasteiger partial charge in [-0.3, -0.25) is 14.9 Å². The molecule has 2 rings (SSSR count). The molecule has 0 aromatic heterocycles. The van der Waals surface area contributed by atoms with Crippen LogP contribution < -0.4 is 5.32 Å². The molecule has 17 heavy (non-hydrogen) atoms. The van der Waals surface area contributed by atoms with Crippen LogP contribution in [0.2, 0.25) is 0 Å². The summed E-state index contributed by atoms with van der Waals surface area (Å²) in [4.78, 5) is 21.9. The van der Waals surface area contributed by atoms with Gasteiger partial charge in [0, 0.05) is 18.6 Å². The zero-order valence-electron chi connectivity index (χ0n) is 9.39. The van der Waals surface area contributed by atoms with Crippen LogP contribution in [0.5, 0.6) is 0 Å². The Hall–Kier alpha value is -1.75. The zero-order valence-corrected chi connectivity index (χ0v) is 9.39. The van der Waals surface area contributed by atoms with Crippen molar-refractivity contribution in [3.05, 3.63) is 39.9 Å². The third kappa shape index (κ3) is 2.88. The van der Waals surface area contributed by atoms with Crippen LogP contribution in [0.4, 0.5) is 5.69 Å². The van der Waals surface area contributed by atoms with Crippen LogP contribution in [-0.2, 0) is 11.2 Å². The summed E-state index contributed by atoms with van der Waals surface area (Å²) in [5.74, 6) is 0.163. The van der Waals surface area contributed by atoms with Gasteiger partial charge in [0.2, 0.25) is 0 Å². The number of hydrogen-bond donors (Lipinski definition) is 1. The zero-order chi connectivity index (χ0) is 12.3. The molecule has 0 saturated carbocycles. The second kappa shape index (κ2) is 5.05. The van der Waals surface area contributed by atoms with E-state index < -0.39 is 4.92 Å². The van der Waals surface area contributed by atoms with Crippen LogP contribution >= 0.6 is 0 Å². The lowest BCUT2D eigenvalue weighted by molar-refractivity contribution is -0.384. The molecular weight excluding hydrogens is 220 g/mol. The van der Waals surface area contributed by atoms with E-state index in [1.54, 1.807) is 12.1 Å². The smallest absolute Gasteiger partial charge is 0.269 e. The number of non-ortho nitro benzene ring substituents is 1. The van der Waals surface area contributed by atoms with Crippen LogP contribution in [0.3, 0.4) is 0 Å². The fourth-order valence-electron chi connectivity index (χ4n) is 2.02. The largest absolute Gasteiger partial charge is 0.307 e. The van der Waals surface area contributed by atoms with Crippen molar-refractivity contribution in [2.75, 3.05) is 6.54 Å². The van der Waals surface area contributed by atoms with E-state index in [1.165, 1.54) is 12.1 Å². The standard InChI is InChI=1S/C12H14N2O3/c15-12(11-2-1-7-13-11)8-9-3-5-10(6-4-9)14(16)17/h3-6,11,13H,1-2,7-8H2. The van der Waals surface area contributed by atoms with Gasteiger partial charge in [-0.15, -0.1) is 0 Å². The van der Waals surface area contributed by atoms with Crippen LogP contribution in [0.25, 0.3) is 0 Å². The van der Waals surface area contributed by atoms with E-state index in [2.05, 4.69) is 5.32 Å². The molecule has 5 heteroatoms. The Balaban J connectivity index is 1.98. The fourth-order valence-corrected chi connectivity index (χ4v) is 2.02. The van der Waals surface area contributed by atoms with Gasteiger partial charge in [-0.05, 0) is 24.9 Å². The Morgan fingerprint density at radius 3 is 2.65 bits per heavy atom. The maximum Gasteiger partial charge on any atom is 0.269 e. The second-order valence-corrected chi connectivity index (χ2v) is 4.22. The highest BCUT2D eigenvalue weighted by Gasteiger charge is 2.21. The molecule has 0 radical (unpaired) electrons. The summed E-state index contributed by atoms with van der Waals surface area (Å²) in [6, 6.07) is 6.12. The highest BCUT2D eigenvalue weighted by molar-refractivity contribution is 5.86. The van der Waals surface area contributed by atoms with Gasteiger partial charge in [-0.25, -0.2) is 0 Å². The molecule has 1 atom stereocenters. The predicted octanol–water partition coefficient (Wildman–Crippen LogP) is 1.46. The van der Waals surface area contributed by atoms with Gasteiger partial charge in [-0.1, -0.05) is 12.1 Å². The lowest BCUT2D eigenvalue weighted by atomic mass is 10.0. The van der Waals surface area contributed by atoms with Gasteiger partial charge >= 0.3 is 0 Å². The molecule has 5 nitrogen and oxygen atoms in total. The first-order valence-electron chi connectivity index (χ1n) is 5.66. The Bertz CT molecular complexity index is 422. The molecule has 1 aliphatic heterocycles. The number of nitrogens with zero attached hydrogens (tertiary/aromatic N) is 1. The van der Waals surface area contributed by atoms with Crippen molar-refractivity contribution in [3.8, 4) is 0 Å². The number of carbonyl (C=O) groups excluding carboxylic acids is 1. The third-order valence-electron chi connectivity index (χ3n) is 2.97. The third-order valence-corrected chi connectivity index (χ3v) is 2.97. The molecule has 0 aliphatic carbocycles. The summed E-state index contributed by atoms with van der Waals surface area (Å²) in [5, 5.41) is 13.6. The van der Waals surface area contributed by atoms with Crippen molar-refractivity contribution in [1.82, 2.24) is 5.32 Å². The molecule has 1 saturated heterocycles. The number of nitro benzene ring substituents is 1. The number of carbonyl (C=O) groups is 1. The lowest BCUT2D eigenvalue weighted by Gasteiger charge is -2.08. The Labute approximate surface area is 99.0 Å². The summed E-state index contributed by atoms with van der Waals surface area (Å²) >= 11 is 0. The van der Waals surface area contributed by atoms with E-state index >= 15 is 0 Å². The van der Waals surface area contributed by atoms with Crippen LogP contribution in [0.15, 0.2) is 24.3 Å². The van der Waals surface area contributed by atoms with Crippen molar-refractivity contribution >= 4 is 11.5 Å². The summed E-state index contributed by atoms with van der Waals surface area (Å²) in [7, 11) is 0. The number of ketones is 1. The van der Waals surface area contributed by atoms with Crippen molar-refractivity contribution in [2.45, 2.75) is 25.3 Å². The highest BCUT2D eigenvalue weighted by atomic mass is 16.6. The monoisotopic (exact) mass is 234 g/mol. The van der Waals surface area contributed by atoms with Crippen molar-refractivity contribution in [1.29, 1.82) is 0 Å². The minimum atomic E-state index is -0.440. The minimum Gasteiger partial charge on any atom is -0.307 e. The number of Topliss-reactive ketones (excluding diaryl/α,β-unsaturated/α-hetero) is 1. The number of hydrogen-bond acceptors (Lipinski definition) is 4. The van der Waals surface area contributed by atoms with E-state index in [0.717, 1.165) is 24.9 Å². The van der Waals surface area contributed by atoms with Crippen LogP contribution in [0.1, 0.15) is 18.4 Å². The predicted molar refractivity (Wildman–Crippen MR) is 62.8 cm³/mol. The lowest BCUT2D eigenvalue weighted by Crippen LogP contribution is -2.31. The fraction of sp³-hybridized carbons (Fsp3) is 0.417. The molecule has 90 valence electrons. The quantitative estimate of drug-likeness (QED) is 0.632. The average molecular weight is 234 g/mol. The van der Waals surface area contributed by atoms with Gasteiger partial charge in [0.25, 0.3) is 5.69 Å². The topological polar surface area (TPSA) is 72.2 Å². The molecule has 1 unspecified atom stereocenters. The number of nitro groups is 1. The van der Waals surface area contributed by atoms with Crippen LogP contribution in [0, 0.1) is 10.1 Å². The van der Waals surface area contributed by atoms with Gasteiger partial charge in [-0.2, -0.15) is 0 Å². The molecule has 1 aromatic rings. The van der Waals surface area contributed by atoms with E-state index in [-0.39, 0.29) is 17.5 Å². The summed E-state index contributed by atoms with van der Waals surface area (Å²) in [5.41, 5.74) is 0.884. The molecule has 0 amide bonds. The average Bonchev–Trinajstić information content (AvgIpc) is 2.83. The molecular formula is C12H14N2O3. The Morgan fingerprint density at radius 2 is 2.12 bits per heavy atom. The van der Waals surface area contributed by atoms with Gasteiger partial charge < -0.3 is 5.32 Å². The normalized spacial score (nSPS) is 19.2. The van der Waals surface area contributed by atoms with Gasteiger partial charge in [0.05, 0.1) is 11.0 Å². The Kier molecular flexibility index (Phi) is 3.49. The minimum absolute atomic E-state index is 0.0369. The molecule has 0 bridgehead atoms. The second-order valence-electron chi connectivity index (χ2n) is 4.22. The molecule has 0 spiro atoms. The Morgan fingerprint density at radius 1 is 1.41 bits per heavy atom. The maximum atomic E-state index is 11.8. The first kappa shape index (κ1) is 11.7. The van der Waals surface area contributed by atoms with E-state index in [1.807, 2.05) is 0 Å². The molecule has 1 fully saturated rings. The van der Waals surface area contributed by atoms with Crippen LogP contribution in [-0.4, -0.2) is 23.3 Å². The summed E-state index contributed by atoms with van der Waals surface area (Å²) < 4.78 is 0. The first-order chi connectivity index (χ1) is 8.16. The van der Waals surface area contributed by atoms with Gasteiger partial charge in [0.1, 0.15) is 0 Å². The summed E-state index contributed by atoms with van der Waals surface area (Å²) in [6.45, 7) is 0.899. The number of nitrogens with one attached hydrogen (secondary N) is 1. The first-order valence-corrected chi connectivity index (χ1v) is 5.66. The highest BCUT2D eigenvalue weighted by Crippen LogP contribution is 2.14. The van der Waals surface area contributed by atoms with Gasteiger partial charge in [0.15, 0.2) is 5.78 Å². The van der Waals surface area contributed by atoms with Crippen molar-refractivity contribution in [2.24, 2.45) is 0 Å². The van der Waals surface area contributed by atoms with Crippen molar-refractivity contribution < 1.29 is 9.72 Å². The van der Waals surface area contributed by atoms with E-state index in [9.17, 15) is 14.9 Å². The molecule has 1 aliphatic rings. The number of benzene rings is 1. The van der Waals surface area contributed by atoms with E-state index in [4.69, 9.17) is 0 Å². The molecule has 1 aromatic carbocycles. The molecule has 1 N–H and O–H groups in total. The SMILES string of the molecule is O=C(Cc1ccc([N+](=O)[O-])cc1)C1CCCN1. The van der Waals surface area contributed by atoms with Crippen molar-refractivity contribution in [3.63, 3.8) is 0 Å². The van der Waals surface area contributed by atoms with E-state index in [0.29, 0.717) is 6.42 Å². The molecule has 1 heterocycles.